The molecule has 1 aromatic rings. The zero-order chi connectivity index (χ0) is 13.7. The van der Waals surface area contributed by atoms with Crippen LogP contribution in [0, 0.1) is 17.8 Å². The number of tetrazole rings is 1. The largest absolute Gasteiger partial charge is 0.481 e. The molecule has 1 unspecified atom stereocenters. The SMILES string of the molecule is CC(C)Cc1nnnn1CC(CC(C)C)C(=O)O. The Morgan fingerprint density at radius 3 is 2.44 bits per heavy atom. The van der Waals surface area contributed by atoms with Gasteiger partial charge in [-0.05, 0) is 28.7 Å². The van der Waals surface area contributed by atoms with Crippen LogP contribution < -0.4 is 0 Å². The van der Waals surface area contributed by atoms with Gasteiger partial charge in [-0.2, -0.15) is 0 Å². The average molecular weight is 254 g/mol. The number of hydrogen-bond donors (Lipinski definition) is 1. The quantitative estimate of drug-likeness (QED) is 0.799. The second-order valence-corrected chi connectivity index (χ2v) is 5.54. The van der Waals surface area contributed by atoms with Gasteiger partial charge in [0.05, 0.1) is 12.5 Å². The summed E-state index contributed by atoms with van der Waals surface area (Å²) in [5, 5.41) is 20.7. The van der Waals surface area contributed by atoms with Gasteiger partial charge in [-0.1, -0.05) is 27.7 Å². The van der Waals surface area contributed by atoms with Gasteiger partial charge in [0.25, 0.3) is 0 Å². The Kier molecular flexibility index (Phi) is 5.25. The summed E-state index contributed by atoms with van der Waals surface area (Å²) in [4.78, 5) is 11.2. The average Bonchev–Trinajstić information content (AvgIpc) is 2.63. The molecule has 0 spiro atoms. The van der Waals surface area contributed by atoms with Crippen LogP contribution >= 0.6 is 0 Å². The lowest BCUT2D eigenvalue weighted by atomic mass is 9.97. The summed E-state index contributed by atoms with van der Waals surface area (Å²) < 4.78 is 1.63. The fourth-order valence-electron chi connectivity index (χ4n) is 1.91. The number of rotatable bonds is 7. The van der Waals surface area contributed by atoms with Crippen molar-refractivity contribution in [3.63, 3.8) is 0 Å². The highest BCUT2D eigenvalue weighted by Gasteiger charge is 2.21. The molecule has 102 valence electrons. The number of aliphatic carboxylic acids is 1. The van der Waals surface area contributed by atoms with Crippen LogP contribution in [0.2, 0.25) is 0 Å². The summed E-state index contributed by atoms with van der Waals surface area (Å²) >= 11 is 0. The Bertz CT molecular complexity index is 387. The molecule has 0 aliphatic rings. The van der Waals surface area contributed by atoms with Gasteiger partial charge < -0.3 is 5.11 Å². The Balaban J connectivity index is 2.74. The predicted molar refractivity (Wildman–Crippen MR) is 66.9 cm³/mol. The van der Waals surface area contributed by atoms with E-state index >= 15 is 0 Å². The lowest BCUT2D eigenvalue weighted by molar-refractivity contribution is -0.142. The van der Waals surface area contributed by atoms with Crippen LogP contribution in [-0.2, 0) is 17.8 Å². The van der Waals surface area contributed by atoms with Gasteiger partial charge in [-0.3, -0.25) is 4.79 Å². The lowest BCUT2D eigenvalue weighted by Crippen LogP contribution is -2.24. The number of carboxylic acid groups (broad SMARTS) is 1. The van der Waals surface area contributed by atoms with Gasteiger partial charge in [0, 0.05) is 6.42 Å². The van der Waals surface area contributed by atoms with Crippen molar-refractivity contribution >= 4 is 5.97 Å². The number of hydrogen-bond acceptors (Lipinski definition) is 4. The number of nitrogens with zero attached hydrogens (tertiary/aromatic N) is 4. The fourth-order valence-corrected chi connectivity index (χ4v) is 1.91. The van der Waals surface area contributed by atoms with Crippen molar-refractivity contribution in [3.05, 3.63) is 5.82 Å². The molecule has 0 aliphatic heterocycles. The Labute approximate surface area is 107 Å². The summed E-state index contributed by atoms with van der Waals surface area (Å²) in [5.74, 6) is 0.341. The van der Waals surface area contributed by atoms with Crippen molar-refractivity contribution in [1.82, 2.24) is 20.2 Å². The zero-order valence-electron chi connectivity index (χ0n) is 11.5. The maximum Gasteiger partial charge on any atom is 0.308 e. The monoisotopic (exact) mass is 254 g/mol. The second-order valence-electron chi connectivity index (χ2n) is 5.54. The molecule has 0 amide bonds. The molecule has 0 saturated heterocycles. The summed E-state index contributed by atoms with van der Waals surface area (Å²) in [7, 11) is 0. The van der Waals surface area contributed by atoms with Gasteiger partial charge in [-0.15, -0.1) is 5.10 Å². The minimum Gasteiger partial charge on any atom is -0.481 e. The second kappa shape index (κ2) is 6.47. The van der Waals surface area contributed by atoms with Crippen molar-refractivity contribution < 1.29 is 9.90 Å². The van der Waals surface area contributed by atoms with Crippen molar-refractivity contribution in [2.45, 2.75) is 47.1 Å². The molecule has 1 N–H and O–H groups in total. The van der Waals surface area contributed by atoms with Crippen molar-refractivity contribution in [2.75, 3.05) is 0 Å². The van der Waals surface area contributed by atoms with E-state index in [1.165, 1.54) is 0 Å². The molecule has 0 bridgehead atoms. The van der Waals surface area contributed by atoms with Gasteiger partial charge in [0.15, 0.2) is 5.82 Å². The van der Waals surface area contributed by atoms with Gasteiger partial charge in [0.1, 0.15) is 0 Å². The van der Waals surface area contributed by atoms with Gasteiger partial charge in [-0.25, -0.2) is 4.68 Å². The lowest BCUT2D eigenvalue weighted by Gasteiger charge is -2.15. The third-order valence-corrected chi connectivity index (χ3v) is 2.70. The van der Waals surface area contributed by atoms with Crippen molar-refractivity contribution in [1.29, 1.82) is 0 Å². The molecule has 1 aromatic heterocycles. The first-order chi connectivity index (χ1) is 8.40. The van der Waals surface area contributed by atoms with Crippen LogP contribution in [0.1, 0.15) is 39.9 Å². The molecule has 1 heterocycles. The molecule has 0 fully saturated rings. The van der Waals surface area contributed by atoms with Crippen LogP contribution in [0.25, 0.3) is 0 Å². The molecular formula is C12H22N4O2. The summed E-state index contributed by atoms with van der Waals surface area (Å²) in [6.45, 7) is 8.56. The molecule has 18 heavy (non-hydrogen) atoms. The molecule has 0 saturated carbocycles. The summed E-state index contributed by atoms with van der Waals surface area (Å²) in [6, 6.07) is 0. The normalized spacial score (nSPS) is 13.2. The predicted octanol–water partition coefficient (Wildman–Crippen LogP) is 1.62. The van der Waals surface area contributed by atoms with Gasteiger partial charge in [0.2, 0.25) is 0 Å². The van der Waals surface area contributed by atoms with E-state index in [-0.39, 0.29) is 0 Å². The minimum atomic E-state index is -0.783. The van der Waals surface area contributed by atoms with E-state index in [4.69, 9.17) is 0 Å². The van der Waals surface area contributed by atoms with Crippen molar-refractivity contribution in [3.8, 4) is 0 Å². The van der Waals surface area contributed by atoms with Crippen molar-refractivity contribution in [2.24, 2.45) is 17.8 Å². The van der Waals surface area contributed by atoms with E-state index in [0.717, 1.165) is 12.2 Å². The third-order valence-electron chi connectivity index (χ3n) is 2.70. The van der Waals surface area contributed by atoms with E-state index in [9.17, 15) is 9.90 Å². The first kappa shape index (κ1) is 14.6. The zero-order valence-corrected chi connectivity index (χ0v) is 11.5. The molecular weight excluding hydrogens is 232 g/mol. The maximum absolute atomic E-state index is 11.2. The summed E-state index contributed by atoms with van der Waals surface area (Å²) in [5.41, 5.74) is 0. The molecule has 0 radical (unpaired) electrons. The number of carboxylic acids is 1. The number of aromatic nitrogens is 4. The summed E-state index contributed by atoms with van der Waals surface area (Å²) in [6.07, 6.45) is 1.40. The molecule has 6 nitrogen and oxygen atoms in total. The van der Waals surface area contributed by atoms with Gasteiger partial charge >= 0.3 is 5.97 Å². The highest BCUT2D eigenvalue weighted by atomic mass is 16.4. The van der Waals surface area contributed by atoms with Crippen LogP contribution in [0.4, 0.5) is 0 Å². The highest BCUT2D eigenvalue weighted by molar-refractivity contribution is 5.69. The first-order valence-electron chi connectivity index (χ1n) is 6.38. The molecule has 1 rings (SSSR count). The fraction of sp³-hybridized carbons (Fsp3) is 0.833. The van der Waals surface area contributed by atoms with Crippen LogP contribution in [0.3, 0.4) is 0 Å². The van der Waals surface area contributed by atoms with E-state index in [1.807, 2.05) is 13.8 Å². The van der Waals surface area contributed by atoms with E-state index in [2.05, 4.69) is 29.4 Å². The Hall–Kier alpha value is -1.46. The van der Waals surface area contributed by atoms with Crippen LogP contribution in [0.15, 0.2) is 0 Å². The van der Waals surface area contributed by atoms with Crippen LogP contribution in [0.5, 0.6) is 0 Å². The van der Waals surface area contributed by atoms with E-state index < -0.39 is 11.9 Å². The van der Waals surface area contributed by atoms with E-state index in [1.54, 1.807) is 4.68 Å². The Morgan fingerprint density at radius 1 is 1.28 bits per heavy atom. The molecule has 6 heteroatoms. The van der Waals surface area contributed by atoms with Crippen LogP contribution in [-0.4, -0.2) is 31.3 Å². The molecule has 1 atom stereocenters. The highest BCUT2D eigenvalue weighted by Crippen LogP contribution is 2.15. The molecule has 0 aromatic carbocycles. The first-order valence-corrected chi connectivity index (χ1v) is 6.38. The van der Waals surface area contributed by atoms with E-state index in [0.29, 0.717) is 24.8 Å². The minimum absolute atomic E-state index is 0.344. The smallest absolute Gasteiger partial charge is 0.308 e. The third kappa shape index (κ3) is 4.43. The Morgan fingerprint density at radius 2 is 1.94 bits per heavy atom. The standard InChI is InChI=1S/C12H22N4O2/c1-8(2)5-10(12(17)18)7-16-11(6-9(3)4)13-14-15-16/h8-10H,5-7H2,1-4H3,(H,17,18). The topological polar surface area (TPSA) is 80.9 Å². The number of carbonyl (C=O) groups is 1. The maximum atomic E-state index is 11.2. The molecule has 0 aliphatic carbocycles.